The van der Waals surface area contributed by atoms with Crippen molar-refractivity contribution in [1.29, 1.82) is 0 Å². The molecule has 0 saturated carbocycles. The maximum Gasteiger partial charge on any atom is 0.341 e. The number of hydrogen-bond donors (Lipinski definition) is 1. The number of likely N-dealkylation sites (tertiary alicyclic amines) is 1. The molecule has 0 atom stereocenters. The minimum absolute atomic E-state index is 0.0877. The van der Waals surface area contributed by atoms with Gasteiger partial charge in [0.1, 0.15) is 10.6 Å². The van der Waals surface area contributed by atoms with E-state index in [9.17, 15) is 9.59 Å². The van der Waals surface area contributed by atoms with Crippen LogP contribution in [0, 0.1) is 0 Å². The van der Waals surface area contributed by atoms with Crippen molar-refractivity contribution in [3.63, 3.8) is 0 Å². The summed E-state index contributed by atoms with van der Waals surface area (Å²) in [6, 6.07) is 18.3. The highest BCUT2D eigenvalue weighted by molar-refractivity contribution is 7.15. The Morgan fingerprint density at radius 3 is 2.21 bits per heavy atom. The maximum atomic E-state index is 12.8. The van der Waals surface area contributed by atoms with E-state index in [1.807, 2.05) is 35.7 Å². The summed E-state index contributed by atoms with van der Waals surface area (Å²) in [7, 11) is 0. The summed E-state index contributed by atoms with van der Waals surface area (Å²) in [6.07, 6.45) is 4.71. The summed E-state index contributed by atoms with van der Waals surface area (Å²) in [5.74, 6) is -0.499. The second kappa shape index (κ2) is 11.3. The van der Waals surface area contributed by atoms with Crippen LogP contribution in [0.4, 0.5) is 5.00 Å². The summed E-state index contributed by atoms with van der Waals surface area (Å²) >= 11 is 1.37. The molecule has 172 valence electrons. The van der Waals surface area contributed by atoms with Gasteiger partial charge in [0.15, 0.2) is 0 Å². The normalized spacial score (nSPS) is 14.5. The fourth-order valence-electron chi connectivity index (χ4n) is 4.20. The standard InChI is InChI=1S/C27H30N2O3S/c1-2-32-27(31)25-23(22-14-12-21(13-15-22)20-10-6-5-7-11-20)19-33-26(25)28-24(30)18-29-16-8-3-4-9-17-29/h5-7,10-15,19H,2-4,8-9,16-18H2,1H3,(H,28,30). The molecule has 6 heteroatoms. The number of esters is 1. The van der Waals surface area contributed by atoms with Crippen LogP contribution in [0.2, 0.25) is 0 Å². The number of hydrogen-bond acceptors (Lipinski definition) is 5. The summed E-state index contributed by atoms with van der Waals surface area (Å²) in [4.78, 5) is 27.8. The first kappa shape index (κ1) is 23.2. The zero-order valence-corrected chi connectivity index (χ0v) is 19.8. The van der Waals surface area contributed by atoms with Gasteiger partial charge in [0.05, 0.1) is 13.2 Å². The first-order valence-electron chi connectivity index (χ1n) is 11.6. The van der Waals surface area contributed by atoms with Crippen LogP contribution in [0.3, 0.4) is 0 Å². The van der Waals surface area contributed by atoms with Gasteiger partial charge in [-0.2, -0.15) is 0 Å². The van der Waals surface area contributed by atoms with E-state index in [0.717, 1.165) is 48.2 Å². The van der Waals surface area contributed by atoms with Crippen molar-refractivity contribution in [2.45, 2.75) is 32.6 Å². The van der Waals surface area contributed by atoms with Gasteiger partial charge in [0, 0.05) is 10.9 Å². The Morgan fingerprint density at radius 1 is 0.909 bits per heavy atom. The molecule has 4 rings (SSSR count). The summed E-state index contributed by atoms with van der Waals surface area (Å²) in [6.45, 7) is 4.31. The molecule has 0 radical (unpaired) electrons. The molecule has 1 aromatic heterocycles. The number of rotatable bonds is 7. The second-order valence-electron chi connectivity index (χ2n) is 8.26. The molecular weight excluding hydrogens is 432 g/mol. The Labute approximate surface area is 199 Å². The monoisotopic (exact) mass is 462 g/mol. The van der Waals surface area contributed by atoms with Crippen molar-refractivity contribution in [3.05, 3.63) is 65.5 Å². The minimum Gasteiger partial charge on any atom is -0.462 e. The lowest BCUT2D eigenvalue weighted by atomic mass is 9.99. The molecule has 0 unspecified atom stereocenters. The first-order valence-corrected chi connectivity index (χ1v) is 12.5. The van der Waals surface area contributed by atoms with Crippen molar-refractivity contribution in [2.24, 2.45) is 0 Å². The Hall–Kier alpha value is -2.96. The molecule has 2 heterocycles. The maximum absolute atomic E-state index is 12.8. The Bertz CT molecular complexity index is 1070. The van der Waals surface area contributed by atoms with Gasteiger partial charge in [-0.25, -0.2) is 4.79 Å². The highest BCUT2D eigenvalue weighted by atomic mass is 32.1. The third kappa shape index (κ3) is 5.89. The average Bonchev–Trinajstić information content (AvgIpc) is 3.07. The summed E-state index contributed by atoms with van der Waals surface area (Å²) < 4.78 is 5.34. The smallest absolute Gasteiger partial charge is 0.341 e. The van der Waals surface area contributed by atoms with Crippen molar-refractivity contribution >= 4 is 28.2 Å². The van der Waals surface area contributed by atoms with E-state index in [1.54, 1.807) is 6.92 Å². The first-order chi connectivity index (χ1) is 16.2. The minimum atomic E-state index is -0.411. The van der Waals surface area contributed by atoms with Gasteiger partial charge >= 0.3 is 5.97 Å². The Morgan fingerprint density at radius 2 is 1.55 bits per heavy atom. The van der Waals surface area contributed by atoms with E-state index >= 15 is 0 Å². The molecule has 0 bridgehead atoms. The zero-order valence-electron chi connectivity index (χ0n) is 19.0. The molecule has 1 N–H and O–H groups in total. The predicted octanol–water partition coefficient (Wildman–Crippen LogP) is 6.07. The van der Waals surface area contributed by atoms with Crippen LogP contribution in [0.1, 0.15) is 43.0 Å². The SMILES string of the molecule is CCOC(=O)c1c(-c2ccc(-c3ccccc3)cc2)csc1NC(=O)CN1CCCCCC1. The molecule has 1 amide bonds. The van der Waals surface area contributed by atoms with Gasteiger partial charge in [-0.05, 0) is 49.5 Å². The number of nitrogens with zero attached hydrogens (tertiary/aromatic N) is 1. The molecule has 1 aliphatic heterocycles. The third-order valence-corrected chi connectivity index (χ3v) is 6.79. The molecule has 1 saturated heterocycles. The highest BCUT2D eigenvalue weighted by Gasteiger charge is 2.23. The number of thiophene rings is 1. The lowest BCUT2D eigenvalue weighted by Crippen LogP contribution is -2.34. The fraction of sp³-hybridized carbons (Fsp3) is 0.333. The number of amides is 1. The molecule has 0 spiro atoms. The van der Waals surface area contributed by atoms with Crippen LogP contribution in [0.5, 0.6) is 0 Å². The van der Waals surface area contributed by atoms with Crippen molar-refractivity contribution in [1.82, 2.24) is 4.90 Å². The predicted molar refractivity (Wildman–Crippen MR) is 135 cm³/mol. The average molecular weight is 463 g/mol. The highest BCUT2D eigenvalue weighted by Crippen LogP contribution is 2.37. The summed E-state index contributed by atoms with van der Waals surface area (Å²) in [5.41, 5.74) is 4.38. The van der Waals surface area contributed by atoms with Gasteiger partial charge in [-0.15, -0.1) is 11.3 Å². The molecule has 3 aromatic rings. The van der Waals surface area contributed by atoms with Crippen LogP contribution in [-0.2, 0) is 9.53 Å². The van der Waals surface area contributed by atoms with Gasteiger partial charge in [0.25, 0.3) is 0 Å². The molecular formula is C27H30N2O3S. The third-order valence-electron chi connectivity index (χ3n) is 5.89. The number of carbonyl (C=O) groups excluding carboxylic acids is 2. The van der Waals surface area contributed by atoms with E-state index in [4.69, 9.17) is 4.74 Å². The number of ether oxygens (including phenoxy) is 1. The van der Waals surface area contributed by atoms with Crippen LogP contribution in [0.25, 0.3) is 22.3 Å². The molecule has 2 aromatic carbocycles. The lowest BCUT2D eigenvalue weighted by Gasteiger charge is -2.19. The van der Waals surface area contributed by atoms with Gasteiger partial charge in [-0.1, -0.05) is 67.4 Å². The number of benzene rings is 2. The molecule has 0 aliphatic carbocycles. The van der Waals surface area contributed by atoms with Crippen molar-refractivity contribution in [2.75, 3.05) is 31.6 Å². The van der Waals surface area contributed by atoms with Crippen molar-refractivity contribution < 1.29 is 14.3 Å². The van der Waals surface area contributed by atoms with Gasteiger partial charge in [-0.3, -0.25) is 9.69 Å². The second-order valence-corrected chi connectivity index (χ2v) is 9.14. The largest absolute Gasteiger partial charge is 0.462 e. The molecule has 1 fully saturated rings. The van der Waals surface area contributed by atoms with E-state index < -0.39 is 5.97 Å². The van der Waals surface area contributed by atoms with Gasteiger partial charge < -0.3 is 10.1 Å². The number of carbonyl (C=O) groups is 2. The molecule has 33 heavy (non-hydrogen) atoms. The number of anilines is 1. The van der Waals surface area contributed by atoms with E-state index in [-0.39, 0.29) is 12.5 Å². The quantitative estimate of drug-likeness (QED) is 0.433. The van der Waals surface area contributed by atoms with Crippen LogP contribution in [-0.4, -0.2) is 43.0 Å². The molecule has 5 nitrogen and oxygen atoms in total. The van der Waals surface area contributed by atoms with E-state index in [2.05, 4.69) is 34.5 Å². The van der Waals surface area contributed by atoms with Gasteiger partial charge in [0.2, 0.25) is 5.91 Å². The van der Waals surface area contributed by atoms with Crippen LogP contribution < -0.4 is 5.32 Å². The molecule has 1 aliphatic rings. The summed E-state index contributed by atoms with van der Waals surface area (Å²) in [5, 5.41) is 5.46. The number of nitrogens with one attached hydrogen (secondary N) is 1. The lowest BCUT2D eigenvalue weighted by molar-refractivity contribution is -0.117. The van der Waals surface area contributed by atoms with Crippen molar-refractivity contribution in [3.8, 4) is 22.3 Å². The Kier molecular flexibility index (Phi) is 7.92. The fourth-order valence-corrected chi connectivity index (χ4v) is 5.18. The van der Waals surface area contributed by atoms with Crippen LogP contribution >= 0.6 is 11.3 Å². The zero-order chi connectivity index (χ0) is 23.0. The van der Waals surface area contributed by atoms with E-state index in [0.29, 0.717) is 17.1 Å². The van der Waals surface area contributed by atoms with E-state index in [1.165, 1.54) is 24.2 Å². The topological polar surface area (TPSA) is 58.6 Å². The van der Waals surface area contributed by atoms with Crippen LogP contribution in [0.15, 0.2) is 60.0 Å². The Balaban J connectivity index is 1.56.